The second kappa shape index (κ2) is 12.9. The number of carbonyl (C=O) groups is 1. The first-order valence-electron chi connectivity index (χ1n) is 10.5. The molecular weight excluding hydrogens is 475 g/mol. The minimum absolute atomic E-state index is 0.0553. The lowest BCUT2D eigenvalue weighted by Crippen LogP contribution is -2.62. The molecule has 1 aliphatic rings. The monoisotopic (exact) mass is 509 g/mol. The maximum absolute atomic E-state index is 13.3. The van der Waals surface area contributed by atoms with Crippen LogP contribution in [0.5, 0.6) is 0 Å². The van der Waals surface area contributed by atoms with E-state index < -0.39 is 42.6 Å². The fourth-order valence-electron chi connectivity index (χ4n) is 3.90. The number of amides is 1. The fourth-order valence-corrected chi connectivity index (χ4v) is 8.46. The van der Waals surface area contributed by atoms with Gasteiger partial charge < -0.3 is 24.6 Å². The molecule has 0 spiro atoms. The minimum Gasteiger partial charge on any atom is -0.372 e. The van der Waals surface area contributed by atoms with Crippen molar-refractivity contribution >= 4 is 30.3 Å². The van der Waals surface area contributed by atoms with E-state index in [2.05, 4.69) is 5.32 Å². The largest absolute Gasteiger partial charge is 0.372 e. The van der Waals surface area contributed by atoms with Gasteiger partial charge in [0.2, 0.25) is 5.91 Å². The number of carbonyl (C=O) groups excluding carboxylic acids is 1. The van der Waals surface area contributed by atoms with Crippen LogP contribution in [0.3, 0.4) is 0 Å². The van der Waals surface area contributed by atoms with Gasteiger partial charge in [0.25, 0.3) is 0 Å². The van der Waals surface area contributed by atoms with Crippen LogP contribution in [0.2, 0.25) is 0 Å². The van der Waals surface area contributed by atoms with Gasteiger partial charge in [-0.2, -0.15) is 0 Å². The first-order valence-corrected chi connectivity index (χ1v) is 15.5. The van der Waals surface area contributed by atoms with E-state index in [4.69, 9.17) is 18.1 Å². The SMILES string of the molecule is CC[C@H]1O[C@H](CP(=O)(OP(C)O)OP(C)O)[C@H](NC(C)=O)[C@@H](OCc2ccccc2)[C@@H]1C. The molecule has 1 aliphatic heterocycles. The van der Waals surface area contributed by atoms with Crippen molar-refractivity contribution in [3.63, 3.8) is 0 Å². The van der Waals surface area contributed by atoms with Crippen molar-refractivity contribution < 1.29 is 37.2 Å². The lowest BCUT2D eigenvalue weighted by molar-refractivity contribution is -0.169. The van der Waals surface area contributed by atoms with Gasteiger partial charge in [-0.3, -0.25) is 18.0 Å². The van der Waals surface area contributed by atoms with Crippen LogP contribution in [-0.4, -0.2) is 59.5 Å². The molecular formula is C20H34NO8P3. The van der Waals surface area contributed by atoms with E-state index in [1.54, 1.807) is 0 Å². The zero-order chi connectivity index (χ0) is 23.9. The Morgan fingerprint density at radius 2 is 1.75 bits per heavy atom. The Morgan fingerprint density at radius 3 is 2.25 bits per heavy atom. The Kier molecular flexibility index (Phi) is 11.2. The van der Waals surface area contributed by atoms with Crippen molar-refractivity contribution in [1.29, 1.82) is 0 Å². The molecule has 0 bridgehead atoms. The van der Waals surface area contributed by atoms with Crippen LogP contribution in [-0.2, 0) is 34.1 Å². The molecule has 32 heavy (non-hydrogen) atoms. The summed E-state index contributed by atoms with van der Waals surface area (Å²) < 4.78 is 36.3. The Labute approximate surface area is 192 Å². The molecule has 9 nitrogen and oxygen atoms in total. The smallest absolute Gasteiger partial charge is 0.343 e. The lowest BCUT2D eigenvalue weighted by Gasteiger charge is -2.46. The first kappa shape index (κ1) is 27.8. The molecule has 0 saturated carbocycles. The number of hydrogen-bond donors (Lipinski definition) is 3. The van der Waals surface area contributed by atoms with E-state index in [0.29, 0.717) is 13.0 Å². The summed E-state index contributed by atoms with van der Waals surface area (Å²) in [7, 11) is -7.94. The average molecular weight is 509 g/mol. The number of nitrogens with one attached hydrogen (secondary N) is 1. The van der Waals surface area contributed by atoms with Crippen molar-refractivity contribution in [2.24, 2.45) is 5.92 Å². The zero-order valence-electron chi connectivity index (χ0n) is 19.1. The van der Waals surface area contributed by atoms with E-state index in [-0.39, 0.29) is 24.1 Å². The van der Waals surface area contributed by atoms with Gasteiger partial charge in [-0.1, -0.05) is 44.2 Å². The topological polar surface area (TPSA) is 124 Å². The molecule has 0 aromatic heterocycles. The normalized spacial score (nSPS) is 29.7. The molecule has 2 unspecified atom stereocenters. The predicted octanol–water partition coefficient (Wildman–Crippen LogP) is 3.98. The third kappa shape index (κ3) is 8.39. The van der Waals surface area contributed by atoms with Crippen LogP contribution in [0.4, 0.5) is 0 Å². The first-order chi connectivity index (χ1) is 15.0. The molecule has 1 aromatic rings. The summed E-state index contributed by atoms with van der Waals surface area (Å²) in [5.74, 6) is -0.337. The Hall–Kier alpha value is -0.460. The Bertz CT molecular complexity index is 752. The van der Waals surface area contributed by atoms with Crippen LogP contribution in [0.1, 0.15) is 32.8 Å². The van der Waals surface area contributed by atoms with Crippen molar-refractivity contribution in [2.45, 2.75) is 58.2 Å². The molecule has 1 amide bonds. The summed E-state index contributed by atoms with van der Waals surface area (Å²) in [6.45, 7) is 8.46. The van der Waals surface area contributed by atoms with Crippen LogP contribution in [0.25, 0.3) is 0 Å². The van der Waals surface area contributed by atoms with Gasteiger partial charge in [0.05, 0.1) is 37.1 Å². The maximum Gasteiger partial charge on any atom is 0.343 e. The van der Waals surface area contributed by atoms with Gasteiger partial charge >= 0.3 is 7.60 Å². The highest BCUT2D eigenvalue weighted by Crippen LogP contribution is 2.63. The number of hydrogen-bond acceptors (Lipinski definition) is 8. The van der Waals surface area contributed by atoms with E-state index >= 15 is 0 Å². The van der Waals surface area contributed by atoms with Gasteiger partial charge in [-0.05, 0) is 12.0 Å². The summed E-state index contributed by atoms with van der Waals surface area (Å²) in [5, 5.41) is 2.89. The standard InChI is InChI=1S/C20H34NO8P3/c1-6-17-14(2)20(26-12-16-10-8-7-9-11-16)19(21-15(3)22)18(27-17)13-32(25,28-30(4)23)29-31(5)24/h7-11,14,17-20,23-24H,6,12-13H2,1-5H3,(H,21,22)/t14-,17-,18-,19+,20+,30?,31?,32?/m1/s1. The van der Waals surface area contributed by atoms with Crippen LogP contribution in [0.15, 0.2) is 30.3 Å². The van der Waals surface area contributed by atoms with Crippen molar-refractivity contribution in [2.75, 3.05) is 19.5 Å². The van der Waals surface area contributed by atoms with E-state index in [9.17, 15) is 19.1 Å². The molecule has 2 rings (SSSR count). The van der Waals surface area contributed by atoms with Crippen molar-refractivity contribution in [3.05, 3.63) is 35.9 Å². The van der Waals surface area contributed by atoms with Crippen LogP contribution >= 0.6 is 24.3 Å². The molecule has 1 heterocycles. The molecule has 1 aromatic carbocycles. The molecule has 182 valence electrons. The van der Waals surface area contributed by atoms with E-state index in [0.717, 1.165) is 5.56 Å². The summed E-state index contributed by atoms with van der Waals surface area (Å²) in [4.78, 5) is 31.5. The van der Waals surface area contributed by atoms with E-state index in [1.807, 2.05) is 44.2 Å². The molecule has 0 radical (unpaired) electrons. The predicted molar refractivity (Wildman–Crippen MR) is 126 cm³/mol. The summed E-state index contributed by atoms with van der Waals surface area (Å²) in [6.07, 6.45) is -0.966. The van der Waals surface area contributed by atoms with Gasteiger partial charge in [-0.15, -0.1) is 0 Å². The van der Waals surface area contributed by atoms with Crippen LogP contribution < -0.4 is 5.32 Å². The summed E-state index contributed by atoms with van der Waals surface area (Å²) >= 11 is 0. The lowest BCUT2D eigenvalue weighted by atomic mass is 9.85. The molecule has 1 fully saturated rings. The second-order valence-electron chi connectivity index (χ2n) is 7.85. The molecule has 3 N–H and O–H groups in total. The number of benzene rings is 1. The highest BCUT2D eigenvalue weighted by molar-refractivity contribution is 7.69. The quantitative estimate of drug-likeness (QED) is 0.383. The molecule has 12 heteroatoms. The van der Waals surface area contributed by atoms with E-state index in [1.165, 1.54) is 20.3 Å². The fraction of sp³-hybridized carbons (Fsp3) is 0.650. The van der Waals surface area contributed by atoms with Crippen molar-refractivity contribution in [1.82, 2.24) is 5.32 Å². The highest BCUT2D eigenvalue weighted by atomic mass is 31.3. The molecule has 1 saturated heterocycles. The third-order valence-electron chi connectivity index (χ3n) is 5.15. The van der Waals surface area contributed by atoms with Gasteiger partial charge in [0, 0.05) is 26.2 Å². The van der Waals surface area contributed by atoms with Gasteiger partial charge in [-0.25, -0.2) is 0 Å². The summed E-state index contributed by atoms with van der Waals surface area (Å²) in [6, 6.07) is 9.06. The van der Waals surface area contributed by atoms with Crippen LogP contribution in [0, 0.1) is 5.92 Å². The Morgan fingerprint density at radius 1 is 1.16 bits per heavy atom. The highest BCUT2D eigenvalue weighted by Gasteiger charge is 2.48. The van der Waals surface area contributed by atoms with Gasteiger partial charge in [0.15, 0.2) is 16.8 Å². The third-order valence-corrected chi connectivity index (χ3v) is 9.84. The molecule has 7 atom stereocenters. The molecule has 0 aliphatic carbocycles. The number of ether oxygens (including phenoxy) is 2. The van der Waals surface area contributed by atoms with Crippen molar-refractivity contribution in [3.8, 4) is 0 Å². The second-order valence-corrected chi connectivity index (χ2v) is 12.6. The zero-order valence-corrected chi connectivity index (χ0v) is 21.8. The Balaban J connectivity index is 2.32. The van der Waals surface area contributed by atoms with Gasteiger partial charge in [0.1, 0.15) is 0 Å². The summed E-state index contributed by atoms with van der Waals surface area (Å²) in [5.41, 5.74) is 0.989. The average Bonchev–Trinajstić information content (AvgIpc) is 2.68. The number of rotatable bonds is 11. The maximum atomic E-state index is 13.3. The minimum atomic E-state index is -3.92.